The summed E-state index contributed by atoms with van der Waals surface area (Å²) in [6, 6.07) is 17.6. The number of ether oxygens (including phenoxy) is 2. The molecule has 3 aromatic rings. The molecule has 0 saturated carbocycles. The molecule has 1 saturated heterocycles. The van der Waals surface area contributed by atoms with E-state index >= 15 is 0 Å². The standard InChI is InChI=1S/C27H28N4O3/c1-3-33-25-12-11-20(14-19(25)2)26-22(18-31(30-26)23-8-5-4-6-9-23)15-21(16-28)27(32)29-17-24-10-7-13-34-24/h4-6,8-9,11-12,14-15,18,24H,3,7,10,13,17H2,1-2H3,(H,29,32)/b21-15-. The summed E-state index contributed by atoms with van der Waals surface area (Å²) in [5, 5.41) is 17.3. The monoisotopic (exact) mass is 456 g/mol. The van der Waals surface area contributed by atoms with Gasteiger partial charge in [-0.15, -0.1) is 0 Å². The molecule has 1 atom stereocenters. The number of hydrogen-bond donors (Lipinski definition) is 1. The van der Waals surface area contributed by atoms with Gasteiger partial charge in [0.2, 0.25) is 0 Å². The highest BCUT2D eigenvalue weighted by molar-refractivity contribution is 6.02. The maximum atomic E-state index is 12.7. The fourth-order valence-electron chi connectivity index (χ4n) is 3.96. The molecule has 1 aliphatic heterocycles. The predicted molar refractivity (Wildman–Crippen MR) is 130 cm³/mol. The number of carbonyl (C=O) groups excluding carboxylic acids is 1. The molecule has 4 rings (SSSR count). The number of para-hydroxylation sites is 1. The van der Waals surface area contributed by atoms with E-state index in [0.29, 0.717) is 31.0 Å². The van der Waals surface area contributed by atoms with Gasteiger partial charge in [0, 0.05) is 30.5 Å². The van der Waals surface area contributed by atoms with E-state index in [1.165, 1.54) is 0 Å². The van der Waals surface area contributed by atoms with Crippen molar-refractivity contribution < 1.29 is 14.3 Å². The van der Waals surface area contributed by atoms with Crippen molar-refractivity contribution in [1.29, 1.82) is 5.26 Å². The van der Waals surface area contributed by atoms with Crippen LogP contribution in [0.15, 0.2) is 60.3 Å². The zero-order valence-corrected chi connectivity index (χ0v) is 19.5. The molecular formula is C27H28N4O3. The SMILES string of the molecule is CCOc1ccc(-c2nn(-c3ccccc3)cc2/C=C(/C#N)C(=O)NCC2CCCO2)cc1C. The van der Waals surface area contributed by atoms with Gasteiger partial charge in [-0.1, -0.05) is 18.2 Å². The maximum Gasteiger partial charge on any atom is 0.262 e. The van der Waals surface area contributed by atoms with E-state index in [1.807, 2.05) is 74.6 Å². The van der Waals surface area contributed by atoms with Crippen molar-refractivity contribution in [2.45, 2.75) is 32.8 Å². The summed E-state index contributed by atoms with van der Waals surface area (Å²) in [6.45, 7) is 5.63. The van der Waals surface area contributed by atoms with Crippen molar-refractivity contribution in [2.24, 2.45) is 0 Å². The van der Waals surface area contributed by atoms with E-state index < -0.39 is 5.91 Å². The topological polar surface area (TPSA) is 89.2 Å². The van der Waals surface area contributed by atoms with Crippen LogP contribution in [0.1, 0.15) is 30.9 Å². The van der Waals surface area contributed by atoms with E-state index in [9.17, 15) is 10.1 Å². The number of rotatable bonds is 8. The summed E-state index contributed by atoms with van der Waals surface area (Å²) >= 11 is 0. The Morgan fingerprint density at radius 3 is 2.82 bits per heavy atom. The lowest BCUT2D eigenvalue weighted by atomic mass is 10.0. The fourth-order valence-corrected chi connectivity index (χ4v) is 3.96. The molecule has 0 radical (unpaired) electrons. The first kappa shape index (κ1) is 23.3. The lowest BCUT2D eigenvalue weighted by Crippen LogP contribution is -2.32. The van der Waals surface area contributed by atoms with E-state index in [2.05, 4.69) is 5.32 Å². The smallest absolute Gasteiger partial charge is 0.262 e. The van der Waals surface area contributed by atoms with Crippen molar-refractivity contribution >= 4 is 12.0 Å². The van der Waals surface area contributed by atoms with Crippen molar-refractivity contribution in [3.05, 3.63) is 71.4 Å². The molecule has 7 heteroatoms. The molecule has 1 unspecified atom stereocenters. The predicted octanol–water partition coefficient (Wildman–Crippen LogP) is 4.45. The molecule has 0 spiro atoms. The Balaban J connectivity index is 1.69. The van der Waals surface area contributed by atoms with Crippen LogP contribution in [0.2, 0.25) is 0 Å². The first-order chi connectivity index (χ1) is 16.6. The molecule has 1 aliphatic rings. The molecule has 0 aliphatic carbocycles. The quantitative estimate of drug-likeness (QED) is 0.400. The summed E-state index contributed by atoms with van der Waals surface area (Å²) in [7, 11) is 0. The van der Waals surface area contributed by atoms with Gasteiger partial charge >= 0.3 is 0 Å². The summed E-state index contributed by atoms with van der Waals surface area (Å²) in [4.78, 5) is 12.7. The Labute approximate surface area is 199 Å². The average molecular weight is 457 g/mol. The van der Waals surface area contributed by atoms with Crippen LogP contribution >= 0.6 is 0 Å². The summed E-state index contributed by atoms with van der Waals surface area (Å²) in [6.07, 6.45) is 5.34. The van der Waals surface area contributed by atoms with E-state index in [1.54, 1.807) is 10.8 Å². The second kappa shape index (κ2) is 10.8. The van der Waals surface area contributed by atoms with Gasteiger partial charge in [-0.05, 0) is 68.7 Å². The van der Waals surface area contributed by atoms with Crippen molar-refractivity contribution in [2.75, 3.05) is 19.8 Å². The Morgan fingerprint density at radius 1 is 1.32 bits per heavy atom. The highest BCUT2D eigenvalue weighted by Crippen LogP contribution is 2.30. The third kappa shape index (κ3) is 5.36. The molecule has 1 N–H and O–H groups in total. The van der Waals surface area contributed by atoms with Gasteiger partial charge in [0.05, 0.1) is 18.4 Å². The van der Waals surface area contributed by atoms with Crippen LogP contribution in [0.3, 0.4) is 0 Å². The molecular weight excluding hydrogens is 428 g/mol. The van der Waals surface area contributed by atoms with Gasteiger partial charge in [0.15, 0.2) is 0 Å². The second-order valence-electron chi connectivity index (χ2n) is 8.14. The number of nitrogens with zero attached hydrogens (tertiary/aromatic N) is 3. The third-order valence-corrected chi connectivity index (χ3v) is 5.69. The zero-order chi connectivity index (χ0) is 23.9. The van der Waals surface area contributed by atoms with Crippen LogP contribution in [0.5, 0.6) is 5.75 Å². The number of benzene rings is 2. The van der Waals surface area contributed by atoms with E-state index in [-0.39, 0.29) is 11.7 Å². The van der Waals surface area contributed by atoms with Gasteiger partial charge in [0.1, 0.15) is 23.1 Å². The van der Waals surface area contributed by atoms with Gasteiger partial charge in [-0.25, -0.2) is 4.68 Å². The first-order valence-electron chi connectivity index (χ1n) is 11.5. The highest BCUT2D eigenvalue weighted by Gasteiger charge is 2.19. The second-order valence-corrected chi connectivity index (χ2v) is 8.14. The summed E-state index contributed by atoms with van der Waals surface area (Å²) < 4.78 is 13.0. The van der Waals surface area contributed by atoms with Crippen molar-refractivity contribution in [3.63, 3.8) is 0 Å². The average Bonchev–Trinajstić information content (AvgIpc) is 3.53. The van der Waals surface area contributed by atoms with Crippen LogP contribution in [-0.2, 0) is 9.53 Å². The minimum atomic E-state index is -0.417. The van der Waals surface area contributed by atoms with Gasteiger partial charge < -0.3 is 14.8 Å². The Kier molecular flexibility index (Phi) is 7.41. The number of hydrogen-bond acceptors (Lipinski definition) is 5. The molecule has 1 amide bonds. The molecule has 7 nitrogen and oxygen atoms in total. The molecule has 2 aromatic carbocycles. The zero-order valence-electron chi connectivity index (χ0n) is 19.5. The van der Waals surface area contributed by atoms with Crippen LogP contribution in [0, 0.1) is 18.3 Å². The van der Waals surface area contributed by atoms with Crippen LogP contribution in [0.4, 0.5) is 0 Å². The van der Waals surface area contributed by atoms with Crippen molar-refractivity contribution in [3.8, 4) is 28.8 Å². The highest BCUT2D eigenvalue weighted by atomic mass is 16.5. The fraction of sp³-hybridized carbons (Fsp3) is 0.296. The minimum Gasteiger partial charge on any atom is -0.494 e. The van der Waals surface area contributed by atoms with Crippen LogP contribution in [-0.4, -0.2) is 41.6 Å². The largest absolute Gasteiger partial charge is 0.494 e. The van der Waals surface area contributed by atoms with E-state index in [0.717, 1.165) is 35.4 Å². The van der Waals surface area contributed by atoms with Crippen LogP contribution in [0.25, 0.3) is 23.0 Å². The number of nitrogens with one attached hydrogen (secondary N) is 1. The van der Waals surface area contributed by atoms with Crippen LogP contribution < -0.4 is 10.1 Å². The molecule has 34 heavy (non-hydrogen) atoms. The van der Waals surface area contributed by atoms with Gasteiger partial charge in [0.25, 0.3) is 5.91 Å². The molecule has 1 aromatic heterocycles. The molecule has 2 heterocycles. The van der Waals surface area contributed by atoms with E-state index in [4.69, 9.17) is 14.6 Å². The molecule has 174 valence electrons. The lowest BCUT2D eigenvalue weighted by molar-refractivity contribution is -0.117. The summed E-state index contributed by atoms with van der Waals surface area (Å²) in [5.74, 6) is 0.399. The Bertz CT molecular complexity index is 1220. The minimum absolute atomic E-state index is 0.00659. The lowest BCUT2D eigenvalue weighted by Gasteiger charge is -2.10. The molecule has 1 fully saturated rings. The number of amides is 1. The number of nitriles is 1. The molecule has 0 bridgehead atoms. The van der Waals surface area contributed by atoms with Crippen molar-refractivity contribution in [1.82, 2.24) is 15.1 Å². The third-order valence-electron chi connectivity index (χ3n) is 5.69. The number of carbonyl (C=O) groups is 1. The van der Waals surface area contributed by atoms with Gasteiger partial charge in [-0.3, -0.25) is 4.79 Å². The first-order valence-corrected chi connectivity index (χ1v) is 11.5. The van der Waals surface area contributed by atoms with Gasteiger partial charge in [-0.2, -0.15) is 10.4 Å². The summed E-state index contributed by atoms with van der Waals surface area (Å²) in [5.41, 5.74) is 4.12. The Hall–Kier alpha value is -3.89. The number of aromatic nitrogens is 2. The Morgan fingerprint density at radius 2 is 2.15 bits per heavy atom. The number of aryl methyl sites for hydroxylation is 1. The normalized spacial score (nSPS) is 15.7. The maximum absolute atomic E-state index is 12.7.